The van der Waals surface area contributed by atoms with Gasteiger partial charge in [0.15, 0.2) is 0 Å². The first-order valence-corrected chi connectivity index (χ1v) is 8.72. The highest BCUT2D eigenvalue weighted by Crippen LogP contribution is 2.35. The number of amides is 1. The van der Waals surface area contributed by atoms with E-state index in [0.29, 0.717) is 6.42 Å². The Labute approximate surface area is 148 Å². The molecule has 0 bridgehead atoms. The van der Waals surface area contributed by atoms with Crippen LogP contribution in [-0.4, -0.2) is 54.5 Å². The molecule has 0 aliphatic carbocycles. The molecule has 1 aliphatic heterocycles. The average Bonchev–Trinajstić information content (AvgIpc) is 3.22. The number of likely N-dealkylation sites (N-methyl/N-ethyl adjacent to an activating group) is 1. The van der Waals surface area contributed by atoms with E-state index in [4.69, 9.17) is 0 Å². The normalized spacial score (nSPS) is 22.0. The molecule has 136 valence electrons. The molecular formula is C17H27N7O. The monoisotopic (exact) mass is 345 g/mol. The summed E-state index contributed by atoms with van der Waals surface area (Å²) in [6.45, 7) is 7.04. The number of hydrogen-bond acceptors (Lipinski definition) is 5. The second kappa shape index (κ2) is 6.95. The number of aryl methyl sites for hydroxylation is 3. The van der Waals surface area contributed by atoms with Gasteiger partial charge in [-0.25, -0.2) is 4.98 Å². The summed E-state index contributed by atoms with van der Waals surface area (Å²) >= 11 is 0. The maximum Gasteiger partial charge on any atom is 0.224 e. The van der Waals surface area contributed by atoms with Crippen LogP contribution in [-0.2, 0) is 18.4 Å². The molecule has 2 aromatic heterocycles. The molecule has 3 rings (SSSR count). The number of nitrogens with zero attached hydrogens (tertiary/aromatic N) is 6. The summed E-state index contributed by atoms with van der Waals surface area (Å²) in [7, 11) is 3.84. The fourth-order valence-corrected chi connectivity index (χ4v) is 3.75. The molecule has 0 radical (unpaired) electrons. The van der Waals surface area contributed by atoms with E-state index in [0.717, 1.165) is 29.9 Å². The highest BCUT2D eigenvalue weighted by Gasteiger charge is 2.41. The van der Waals surface area contributed by atoms with Gasteiger partial charge >= 0.3 is 0 Å². The summed E-state index contributed by atoms with van der Waals surface area (Å²) in [5.74, 6) is 0.175. The minimum absolute atomic E-state index is 0.0232. The third-order valence-electron chi connectivity index (χ3n) is 5.20. The highest BCUT2D eigenvalue weighted by atomic mass is 16.2. The maximum atomic E-state index is 12.4. The van der Waals surface area contributed by atoms with Crippen LogP contribution in [0.1, 0.15) is 42.8 Å². The first-order valence-electron chi connectivity index (χ1n) is 8.72. The molecule has 1 amide bonds. The number of nitrogens with one attached hydrogen (secondary N) is 1. The van der Waals surface area contributed by atoms with Crippen molar-refractivity contribution in [1.82, 2.24) is 34.8 Å². The van der Waals surface area contributed by atoms with Crippen molar-refractivity contribution in [3.63, 3.8) is 0 Å². The average molecular weight is 345 g/mol. The number of carbonyl (C=O) groups is 1. The van der Waals surface area contributed by atoms with Gasteiger partial charge in [0.1, 0.15) is 12.7 Å². The Hall–Kier alpha value is -2.22. The molecule has 1 fully saturated rings. The van der Waals surface area contributed by atoms with Gasteiger partial charge in [-0.2, -0.15) is 10.2 Å². The zero-order valence-electron chi connectivity index (χ0n) is 15.6. The maximum absolute atomic E-state index is 12.4. The molecule has 8 nitrogen and oxygen atoms in total. The number of aromatic nitrogens is 5. The first-order chi connectivity index (χ1) is 11.9. The van der Waals surface area contributed by atoms with Crippen LogP contribution in [0.2, 0.25) is 0 Å². The van der Waals surface area contributed by atoms with E-state index in [2.05, 4.69) is 34.3 Å². The summed E-state index contributed by atoms with van der Waals surface area (Å²) in [4.78, 5) is 18.2. The summed E-state index contributed by atoms with van der Waals surface area (Å²) in [5, 5.41) is 12.3. The molecule has 2 aromatic rings. The Balaban J connectivity index is 1.73. The van der Waals surface area contributed by atoms with Crippen molar-refractivity contribution < 1.29 is 4.79 Å². The number of carbonyl (C=O) groups excluding carboxylic acids is 1. The van der Waals surface area contributed by atoms with Crippen LogP contribution in [0.25, 0.3) is 0 Å². The largest absolute Gasteiger partial charge is 0.337 e. The summed E-state index contributed by atoms with van der Waals surface area (Å²) in [5.41, 5.74) is 3.27. The van der Waals surface area contributed by atoms with Gasteiger partial charge in [-0.05, 0) is 27.2 Å². The molecule has 1 aliphatic rings. The first kappa shape index (κ1) is 17.6. The lowest BCUT2D eigenvalue weighted by Gasteiger charge is -2.28. The Bertz CT molecular complexity index is 737. The molecular weight excluding hydrogens is 318 g/mol. The van der Waals surface area contributed by atoms with Gasteiger partial charge in [0, 0.05) is 50.4 Å². The quantitative estimate of drug-likeness (QED) is 0.844. The number of hydrogen-bond donors (Lipinski definition) is 1. The van der Waals surface area contributed by atoms with Gasteiger partial charge in [-0.15, -0.1) is 0 Å². The lowest BCUT2D eigenvalue weighted by Crippen LogP contribution is -2.41. The molecule has 1 saturated heterocycles. The van der Waals surface area contributed by atoms with Crippen molar-refractivity contribution in [2.45, 2.75) is 58.3 Å². The molecule has 8 heteroatoms. The van der Waals surface area contributed by atoms with E-state index in [-0.39, 0.29) is 24.0 Å². The lowest BCUT2D eigenvalue weighted by molar-refractivity contribution is -0.127. The van der Waals surface area contributed by atoms with Crippen LogP contribution < -0.4 is 5.32 Å². The van der Waals surface area contributed by atoms with Crippen molar-refractivity contribution in [2.24, 2.45) is 7.05 Å². The van der Waals surface area contributed by atoms with Crippen LogP contribution in [0.3, 0.4) is 0 Å². The molecule has 3 atom stereocenters. The van der Waals surface area contributed by atoms with Crippen LogP contribution >= 0.6 is 0 Å². The van der Waals surface area contributed by atoms with Gasteiger partial charge < -0.3 is 10.2 Å². The van der Waals surface area contributed by atoms with Gasteiger partial charge in [0.25, 0.3) is 0 Å². The number of likely N-dealkylation sites (tertiary alicyclic amines) is 1. The van der Waals surface area contributed by atoms with E-state index in [1.54, 1.807) is 12.7 Å². The summed E-state index contributed by atoms with van der Waals surface area (Å²) in [6.07, 6.45) is 4.72. The minimum Gasteiger partial charge on any atom is -0.337 e. The molecule has 0 spiro atoms. The van der Waals surface area contributed by atoms with E-state index < -0.39 is 0 Å². The molecule has 25 heavy (non-hydrogen) atoms. The van der Waals surface area contributed by atoms with Crippen molar-refractivity contribution >= 4 is 5.91 Å². The van der Waals surface area contributed by atoms with E-state index in [1.807, 2.05) is 35.3 Å². The Morgan fingerprint density at radius 3 is 2.72 bits per heavy atom. The van der Waals surface area contributed by atoms with Crippen molar-refractivity contribution in [1.29, 1.82) is 0 Å². The minimum atomic E-state index is 0.0232. The van der Waals surface area contributed by atoms with Gasteiger partial charge in [0.05, 0.1) is 11.7 Å². The third kappa shape index (κ3) is 3.44. The van der Waals surface area contributed by atoms with E-state index >= 15 is 0 Å². The molecule has 0 saturated carbocycles. The second-order valence-corrected chi connectivity index (χ2v) is 6.98. The van der Waals surface area contributed by atoms with Gasteiger partial charge in [-0.1, -0.05) is 0 Å². The van der Waals surface area contributed by atoms with Crippen molar-refractivity contribution in [2.75, 3.05) is 7.05 Å². The van der Waals surface area contributed by atoms with Crippen LogP contribution in [0, 0.1) is 13.8 Å². The fourth-order valence-electron chi connectivity index (χ4n) is 3.75. The van der Waals surface area contributed by atoms with E-state index in [9.17, 15) is 4.79 Å². The predicted octanol–water partition coefficient (Wildman–Crippen LogP) is 0.969. The van der Waals surface area contributed by atoms with Gasteiger partial charge in [-0.3, -0.25) is 14.2 Å². The number of rotatable bonds is 6. The zero-order valence-corrected chi connectivity index (χ0v) is 15.6. The Morgan fingerprint density at radius 2 is 2.12 bits per heavy atom. The van der Waals surface area contributed by atoms with E-state index in [1.165, 1.54) is 0 Å². The van der Waals surface area contributed by atoms with Crippen molar-refractivity contribution in [3.05, 3.63) is 29.6 Å². The second-order valence-electron chi connectivity index (χ2n) is 6.98. The zero-order chi connectivity index (χ0) is 18.1. The molecule has 3 heterocycles. The van der Waals surface area contributed by atoms with Crippen molar-refractivity contribution in [3.8, 4) is 0 Å². The van der Waals surface area contributed by atoms with Crippen LogP contribution in [0.15, 0.2) is 12.7 Å². The Kier molecular flexibility index (Phi) is 4.89. The summed E-state index contributed by atoms with van der Waals surface area (Å²) < 4.78 is 3.73. The lowest BCUT2D eigenvalue weighted by atomic mass is 9.97. The molecule has 0 unspecified atom stereocenters. The Morgan fingerprint density at radius 1 is 1.36 bits per heavy atom. The van der Waals surface area contributed by atoms with Gasteiger partial charge in [0.2, 0.25) is 5.91 Å². The smallest absolute Gasteiger partial charge is 0.224 e. The van der Waals surface area contributed by atoms with Crippen LogP contribution in [0.4, 0.5) is 0 Å². The fraction of sp³-hybridized carbons (Fsp3) is 0.647. The molecule has 0 aromatic carbocycles. The standard InChI is InChI=1S/C17H27N7O/c1-11(6-7-24-10-18-9-19-24)20-14-8-15(25)22(4)17(14)16-12(2)21-23(5)13(16)3/h9-11,14,17,20H,6-8H2,1-5H3/t11-,14-,17-/m1/s1. The topological polar surface area (TPSA) is 80.9 Å². The molecule has 1 N–H and O–H groups in total. The SMILES string of the molecule is Cc1nn(C)c(C)c1[C@H]1[C@H](N[C@H](C)CCn2cncn2)CC(=O)N1C. The highest BCUT2D eigenvalue weighted by molar-refractivity contribution is 5.80. The predicted molar refractivity (Wildman–Crippen MR) is 93.8 cm³/mol. The summed E-state index contributed by atoms with van der Waals surface area (Å²) in [6, 6.07) is 0.383. The van der Waals surface area contributed by atoms with Crippen LogP contribution in [0.5, 0.6) is 0 Å². The third-order valence-corrected chi connectivity index (χ3v) is 5.20.